The molecule has 0 atom stereocenters. The number of hydrogen-bond donors (Lipinski definition) is 1. The van der Waals surface area contributed by atoms with Gasteiger partial charge in [-0.1, -0.05) is 12.1 Å². The number of carbonyl (C=O) groups excluding carboxylic acids is 2. The van der Waals surface area contributed by atoms with Gasteiger partial charge in [-0.25, -0.2) is 4.39 Å². The largest absolute Gasteiger partial charge is 0.444 e. The first-order valence-corrected chi connectivity index (χ1v) is 9.83. The fourth-order valence-corrected chi connectivity index (χ4v) is 3.71. The molecule has 0 spiro atoms. The Morgan fingerprint density at radius 1 is 1.24 bits per heavy atom. The van der Waals surface area contributed by atoms with Crippen molar-refractivity contribution in [2.45, 2.75) is 19.5 Å². The van der Waals surface area contributed by atoms with Crippen molar-refractivity contribution >= 4 is 27.7 Å². The summed E-state index contributed by atoms with van der Waals surface area (Å²) in [6.45, 7) is 1.05. The van der Waals surface area contributed by atoms with Crippen LogP contribution in [0.3, 0.4) is 0 Å². The number of aryl methyl sites for hydroxylation is 1. The molecule has 9 heteroatoms. The topological polar surface area (TPSA) is 80.4 Å². The van der Waals surface area contributed by atoms with Gasteiger partial charge >= 0.3 is 0 Å². The Hall–Kier alpha value is -2.94. The van der Waals surface area contributed by atoms with Gasteiger partial charge in [0.15, 0.2) is 16.1 Å². The minimum atomic E-state index is -0.332. The standard InChI is InChI=1S/C20H18BrFN4O3/c1-25-15-8-9-26(20(28)16-6-7-17(21)29-16)11-14(15)18(24-25)19(27)23-10-12-2-4-13(22)5-3-12/h2-7H,8-11H2,1H3,(H,23,27). The molecule has 7 nitrogen and oxygen atoms in total. The van der Waals surface area contributed by atoms with E-state index < -0.39 is 0 Å². The smallest absolute Gasteiger partial charge is 0.289 e. The second-order valence-corrected chi connectivity index (χ2v) is 7.57. The third kappa shape index (κ3) is 3.95. The van der Waals surface area contributed by atoms with Crippen LogP contribution in [0.4, 0.5) is 4.39 Å². The molecule has 29 heavy (non-hydrogen) atoms. The number of fused-ring (bicyclic) bond motifs is 1. The van der Waals surface area contributed by atoms with Crippen molar-refractivity contribution in [3.05, 3.63) is 75.2 Å². The molecule has 1 aliphatic heterocycles. The monoisotopic (exact) mass is 460 g/mol. The van der Waals surface area contributed by atoms with E-state index in [0.29, 0.717) is 23.3 Å². The molecule has 2 aromatic heterocycles. The molecule has 4 rings (SSSR count). The Kier molecular flexibility index (Phi) is 5.23. The van der Waals surface area contributed by atoms with Crippen molar-refractivity contribution in [3.8, 4) is 0 Å². The number of amides is 2. The van der Waals surface area contributed by atoms with Crippen molar-refractivity contribution in [2.24, 2.45) is 7.05 Å². The first-order valence-electron chi connectivity index (χ1n) is 9.04. The quantitative estimate of drug-likeness (QED) is 0.648. The molecule has 1 aliphatic rings. The Morgan fingerprint density at radius 3 is 2.69 bits per heavy atom. The Balaban J connectivity index is 1.51. The second kappa shape index (κ2) is 7.82. The van der Waals surface area contributed by atoms with Gasteiger partial charge in [-0.15, -0.1) is 0 Å². The lowest BCUT2D eigenvalue weighted by Crippen LogP contribution is -2.37. The van der Waals surface area contributed by atoms with Crippen LogP contribution in [0.15, 0.2) is 45.5 Å². The van der Waals surface area contributed by atoms with E-state index in [1.807, 2.05) is 0 Å². The van der Waals surface area contributed by atoms with Crippen LogP contribution in [0.5, 0.6) is 0 Å². The van der Waals surface area contributed by atoms with E-state index in [0.717, 1.165) is 16.8 Å². The van der Waals surface area contributed by atoms with Crippen LogP contribution < -0.4 is 5.32 Å². The van der Waals surface area contributed by atoms with Crippen molar-refractivity contribution in [1.29, 1.82) is 0 Å². The van der Waals surface area contributed by atoms with Crippen LogP contribution in [-0.4, -0.2) is 33.0 Å². The van der Waals surface area contributed by atoms with Gasteiger partial charge in [0.1, 0.15) is 5.82 Å². The Labute approximate surface area is 174 Å². The van der Waals surface area contributed by atoms with Crippen molar-refractivity contribution in [1.82, 2.24) is 20.0 Å². The summed E-state index contributed by atoms with van der Waals surface area (Å²) in [6.07, 6.45) is 0.595. The fourth-order valence-electron chi connectivity index (χ4n) is 3.40. The molecule has 3 aromatic rings. The first-order chi connectivity index (χ1) is 13.9. The predicted molar refractivity (Wildman–Crippen MR) is 106 cm³/mol. The highest BCUT2D eigenvalue weighted by molar-refractivity contribution is 9.10. The van der Waals surface area contributed by atoms with Crippen LogP contribution in [0.2, 0.25) is 0 Å². The molecule has 0 aliphatic carbocycles. The SMILES string of the molecule is Cn1nc(C(=O)NCc2ccc(F)cc2)c2c1CCN(C(=O)c1ccc(Br)o1)C2. The van der Waals surface area contributed by atoms with Crippen LogP contribution in [-0.2, 0) is 26.6 Å². The molecule has 0 saturated heterocycles. The van der Waals surface area contributed by atoms with Crippen molar-refractivity contribution in [2.75, 3.05) is 6.54 Å². The van der Waals surface area contributed by atoms with Crippen LogP contribution in [0.1, 0.15) is 37.9 Å². The number of rotatable bonds is 4. The van der Waals surface area contributed by atoms with Gasteiger partial charge in [0.05, 0.1) is 6.54 Å². The van der Waals surface area contributed by atoms with Gasteiger partial charge in [-0.2, -0.15) is 5.10 Å². The second-order valence-electron chi connectivity index (χ2n) is 6.79. The zero-order chi connectivity index (χ0) is 20.5. The summed E-state index contributed by atoms with van der Waals surface area (Å²) in [6, 6.07) is 9.21. The van der Waals surface area contributed by atoms with Gasteiger partial charge in [0, 0.05) is 37.8 Å². The summed E-state index contributed by atoms with van der Waals surface area (Å²) < 4.78 is 20.6. The maximum atomic E-state index is 13.0. The third-order valence-corrected chi connectivity index (χ3v) is 5.32. The molecule has 0 radical (unpaired) electrons. The molecule has 0 bridgehead atoms. The molecular formula is C20H18BrFN4O3. The number of nitrogens with zero attached hydrogens (tertiary/aromatic N) is 3. The van der Waals surface area contributed by atoms with Gasteiger partial charge in [-0.05, 0) is 45.8 Å². The summed E-state index contributed by atoms with van der Waals surface area (Å²) in [5.74, 6) is -0.650. The average Bonchev–Trinajstić information content (AvgIpc) is 3.30. The fraction of sp³-hybridized carbons (Fsp3) is 0.250. The van der Waals surface area contributed by atoms with E-state index in [-0.39, 0.29) is 36.5 Å². The van der Waals surface area contributed by atoms with Crippen LogP contribution in [0, 0.1) is 5.82 Å². The maximum Gasteiger partial charge on any atom is 0.289 e. The highest BCUT2D eigenvalue weighted by Crippen LogP contribution is 2.25. The summed E-state index contributed by atoms with van der Waals surface area (Å²) in [5, 5.41) is 7.18. The molecular weight excluding hydrogens is 443 g/mol. The molecule has 0 unspecified atom stereocenters. The van der Waals surface area contributed by atoms with E-state index in [2.05, 4.69) is 26.3 Å². The highest BCUT2D eigenvalue weighted by atomic mass is 79.9. The number of hydrogen-bond acceptors (Lipinski definition) is 4. The summed E-state index contributed by atoms with van der Waals surface area (Å²) in [4.78, 5) is 27.1. The number of nitrogens with one attached hydrogen (secondary N) is 1. The van der Waals surface area contributed by atoms with E-state index in [4.69, 9.17) is 4.42 Å². The lowest BCUT2D eigenvalue weighted by Gasteiger charge is -2.26. The van der Waals surface area contributed by atoms with E-state index in [9.17, 15) is 14.0 Å². The molecule has 1 aromatic carbocycles. The molecule has 1 N–H and O–H groups in total. The average molecular weight is 461 g/mol. The van der Waals surface area contributed by atoms with Crippen molar-refractivity contribution < 1.29 is 18.4 Å². The van der Waals surface area contributed by atoms with E-state index in [1.165, 1.54) is 12.1 Å². The van der Waals surface area contributed by atoms with Crippen LogP contribution >= 0.6 is 15.9 Å². The number of furan rings is 1. The van der Waals surface area contributed by atoms with Gasteiger partial charge in [0.2, 0.25) is 0 Å². The van der Waals surface area contributed by atoms with E-state index in [1.54, 1.807) is 40.9 Å². The first kappa shape index (κ1) is 19.4. The minimum absolute atomic E-state index is 0.233. The molecule has 0 fully saturated rings. The van der Waals surface area contributed by atoms with Gasteiger partial charge in [0.25, 0.3) is 11.8 Å². The molecule has 150 valence electrons. The third-order valence-electron chi connectivity index (χ3n) is 4.89. The van der Waals surface area contributed by atoms with E-state index >= 15 is 0 Å². The summed E-state index contributed by atoms with van der Waals surface area (Å²) >= 11 is 3.20. The van der Waals surface area contributed by atoms with Crippen molar-refractivity contribution in [3.63, 3.8) is 0 Å². The Bertz CT molecular complexity index is 1070. The number of benzene rings is 1. The zero-order valence-corrected chi connectivity index (χ0v) is 17.2. The number of carbonyl (C=O) groups is 2. The maximum absolute atomic E-state index is 13.0. The molecule has 0 saturated carbocycles. The normalized spacial score (nSPS) is 13.3. The lowest BCUT2D eigenvalue weighted by molar-refractivity contribution is 0.0697. The van der Waals surface area contributed by atoms with Gasteiger partial charge in [-0.3, -0.25) is 14.3 Å². The number of halogens is 2. The highest BCUT2D eigenvalue weighted by Gasteiger charge is 2.30. The lowest BCUT2D eigenvalue weighted by atomic mass is 10.0. The van der Waals surface area contributed by atoms with Gasteiger partial charge < -0.3 is 14.6 Å². The predicted octanol–water partition coefficient (Wildman–Crippen LogP) is 3.04. The Morgan fingerprint density at radius 2 is 2.00 bits per heavy atom. The minimum Gasteiger partial charge on any atom is -0.444 e. The number of aromatic nitrogens is 2. The van der Waals surface area contributed by atoms with Crippen LogP contribution in [0.25, 0.3) is 0 Å². The molecule has 2 amide bonds. The zero-order valence-electron chi connectivity index (χ0n) is 15.6. The molecule has 3 heterocycles. The summed E-state index contributed by atoms with van der Waals surface area (Å²) in [5.41, 5.74) is 2.74. The summed E-state index contributed by atoms with van der Waals surface area (Å²) in [7, 11) is 1.79.